The lowest BCUT2D eigenvalue weighted by atomic mass is 10.5. The molecule has 70 valence electrons. The highest BCUT2D eigenvalue weighted by Crippen LogP contribution is 2.07. The fraction of sp³-hybridized carbons (Fsp3) is 0.125. The van der Waals surface area contributed by atoms with Crippen LogP contribution in [0.1, 0.15) is 0 Å². The van der Waals surface area contributed by atoms with Crippen LogP contribution in [0.25, 0.3) is 0 Å². The summed E-state index contributed by atoms with van der Waals surface area (Å²) in [5.74, 6) is 0. The minimum Gasteiger partial charge on any atom is -0.261 e. The van der Waals surface area contributed by atoms with E-state index in [4.69, 9.17) is 0 Å². The summed E-state index contributed by atoms with van der Waals surface area (Å²) in [6, 6.07) is 4.59. The molecule has 0 saturated carbocycles. The smallest absolute Gasteiger partial charge is 0.261 e. The molecule has 1 rings (SSSR count). The van der Waals surface area contributed by atoms with Crippen LogP contribution in [-0.2, 0) is 14.3 Å². The van der Waals surface area contributed by atoms with Gasteiger partial charge in [0.05, 0.1) is 6.61 Å². The zero-order valence-corrected chi connectivity index (χ0v) is 7.70. The van der Waals surface area contributed by atoms with Crippen molar-refractivity contribution in [3.63, 3.8) is 0 Å². The van der Waals surface area contributed by atoms with Gasteiger partial charge in [0.15, 0.2) is 5.03 Å². The van der Waals surface area contributed by atoms with Crippen molar-refractivity contribution < 1.29 is 12.6 Å². The second kappa shape index (κ2) is 4.15. The summed E-state index contributed by atoms with van der Waals surface area (Å²) >= 11 is 0. The first-order chi connectivity index (χ1) is 6.17. The Bertz CT molecular complexity index is 372. The standard InChI is InChI=1S/C8H9NO3S/c1-2-7-12-13(10,11)8-5-3-4-6-9-8/h2-6H,1,7H2. The van der Waals surface area contributed by atoms with Crippen molar-refractivity contribution >= 4 is 10.1 Å². The van der Waals surface area contributed by atoms with Gasteiger partial charge in [-0.1, -0.05) is 12.1 Å². The quantitative estimate of drug-likeness (QED) is 0.535. The molecular formula is C8H9NO3S. The third-order valence-electron chi connectivity index (χ3n) is 1.23. The third kappa shape index (κ3) is 2.64. The number of pyridine rings is 1. The van der Waals surface area contributed by atoms with Crippen molar-refractivity contribution in [3.8, 4) is 0 Å². The van der Waals surface area contributed by atoms with Crippen molar-refractivity contribution in [2.45, 2.75) is 5.03 Å². The Labute approximate surface area is 77.0 Å². The molecule has 13 heavy (non-hydrogen) atoms. The first kappa shape index (κ1) is 9.88. The number of nitrogens with zero attached hydrogens (tertiary/aromatic N) is 1. The largest absolute Gasteiger partial charge is 0.314 e. The zero-order valence-electron chi connectivity index (χ0n) is 6.88. The Morgan fingerprint density at radius 2 is 2.31 bits per heavy atom. The maximum Gasteiger partial charge on any atom is 0.314 e. The first-order valence-corrected chi connectivity index (χ1v) is 4.99. The van der Waals surface area contributed by atoms with Crippen LogP contribution < -0.4 is 0 Å². The maximum atomic E-state index is 11.3. The highest BCUT2D eigenvalue weighted by Gasteiger charge is 2.14. The van der Waals surface area contributed by atoms with Gasteiger partial charge < -0.3 is 0 Å². The second-order valence-electron chi connectivity index (χ2n) is 2.20. The van der Waals surface area contributed by atoms with Crippen molar-refractivity contribution in [3.05, 3.63) is 37.1 Å². The Hall–Kier alpha value is -1.20. The molecule has 1 aromatic rings. The van der Waals surface area contributed by atoms with Gasteiger partial charge in [0, 0.05) is 6.20 Å². The molecule has 5 heteroatoms. The SMILES string of the molecule is C=CCOS(=O)(=O)c1ccccn1. The maximum absolute atomic E-state index is 11.3. The van der Waals surface area contributed by atoms with Gasteiger partial charge in [-0.3, -0.25) is 4.18 Å². The minimum atomic E-state index is -3.70. The van der Waals surface area contributed by atoms with E-state index in [0.29, 0.717) is 0 Å². The van der Waals surface area contributed by atoms with E-state index >= 15 is 0 Å². The van der Waals surface area contributed by atoms with Gasteiger partial charge in [0.2, 0.25) is 0 Å². The monoisotopic (exact) mass is 199 g/mol. The van der Waals surface area contributed by atoms with Gasteiger partial charge in [-0.2, -0.15) is 8.42 Å². The van der Waals surface area contributed by atoms with Crippen LogP contribution in [0.4, 0.5) is 0 Å². The predicted octanol–water partition coefficient (Wildman–Crippen LogP) is 0.973. The molecule has 0 aliphatic heterocycles. The molecule has 0 unspecified atom stereocenters. The summed E-state index contributed by atoms with van der Waals surface area (Å²) < 4.78 is 27.1. The van der Waals surface area contributed by atoms with Gasteiger partial charge in [-0.25, -0.2) is 4.98 Å². The summed E-state index contributed by atoms with van der Waals surface area (Å²) in [4.78, 5) is 3.66. The van der Waals surface area contributed by atoms with Gasteiger partial charge in [-0.15, -0.1) is 6.58 Å². The predicted molar refractivity (Wildman–Crippen MR) is 47.6 cm³/mol. The van der Waals surface area contributed by atoms with Crippen LogP contribution >= 0.6 is 0 Å². The molecule has 0 radical (unpaired) electrons. The van der Waals surface area contributed by atoms with Gasteiger partial charge in [0.1, 0.15) is 0 Å². The van der Waals surface area contributed by atoms with E-state index in [9.17, 15) is 8.42 Å². The molecule has 1 aromatic heterocycles. The Balaban J connectivity index is 2.88. The lowest BCUT2D eigenvalue weighted by molar-refractivity contribution is 0.355. The zero-order chi connectivity index (χ0) is 9.73. The Kier molecular flexibility index (Phi) is 3.16. The van der Waals surface area contributed by atoms with E-state index in [0.717, 1.165) is 0 Å². The van der Waals surface area contributed by atoms with E-state index in [1.165, 1.54) is 18.3 Å². The van der Waals surface area contributed by atoms with Crippen LogP contribution in [0.15, 0.2) is 42.1 Å². The summed E-state index contributed by atoms with van der Waals surface area (Å²) in [6.45, 7) is 3.30. The minimum absolute atomic E-state index is 0.0428. The van der Waals surface area contributed by atoms with Crippen LogP contribution in [0.5, 0.6) is 0 Å². The average molecular weight is 199 g/mol. The van der Waals surface area contributed by atoms with Crippen LogP contribution in [-0.4, -0.2) is 20.0 Å². The van der Waals surface area contributed by atoms with Crippen LogP contribution in [0.3, 0.4) is 0 Å². The summed E-state index contributed by atoms with van der Waals surface area (Å²) in [5.41, 5.74) is 0. The highest BCUT2D eigenvalue weighted by molar-refractivity contribution is 7.86. The van der Waals surface area contributed by atoms with Gasteiger partial charge >= 0.3 is 10.1 Å². The van der Waals surface area contributed by atoms with E-state index in [-0.39, 0.29) is 11.6 Å². The molecule has 0 saturated heterocycles. The Morgan fingerprint density at radius 3 is 2.85 bits per heavy atom. The summed E-state index contributed by atoms with van der Waals surface area (Å²) in [5, 5.41) is -0.0862. The Morgan fingerprint density at radius 1 is 1.54 bits per heavy atom. The molecule has 0 aliphatic rings. The molecule has 0 atom stereocenters. The van der Waals surface area contributed by atoms with Gasteiger partial charge in [-0.05, 0) is 12.1 Å². The molecule has 1 heterocycles. The van der Waals surface area contributed by atoms with E-state index in [2.05, 4.69) is 15.7 Å². The molecule has 0 spiro atoms. The van der Waals surface area contributed by atoms with Crippen molar-refractivity contribution in [1.29, 1.82) is 0 Å². The van der Waals surface area contributed by atoms with Crippen LogP contribution in [0, 0.1) is 0 Å². The van der Waals surface area contributed by atoms with Crippen LogP contribution in [0.2, 0.25) is 0 Å². The van der Waals surface area contributed by atoms with Crippen molar-refractivity contribution in [2.24, 2.45) is 0 Å². The molecule has 0 N–H and O–H groups in total. The molecule has 0 amide bonds. The number of rotatable bonds is 4. The molecule has 0 aromatic carbocycles. The van der Waals surface area contributed by atoms with E-state index in [1.807, 2.05) is 0 Å². The molecule has 0 bridgehead atoms. The highest BCUT2D eigenvalue weighted by atomic mass is 32.2. The fourth-order valence-corrected chi connectivity index (χ4v) is 1.52. The second-order valence-corrected chi connectivity index (χ2v) is 3.76. The summed E-state index contributed by atoms with van der Waals surface area (Å²) in [6.07, 6.45) is 2.75. The fourth-order valence-electron chi connectivity index (χ4n) is 0.693. The van der Waals surface area contributed by atoms with Gasteiger partial charge in [0.25, 0.3) is 0 Å². The van der Waals surface area contributed by atoms with Crippen molar-refractivity contribution in [1.82, 2.24) is 4.98 Å². The lowest BCUT2D eigenvalue weighted by Crippen LogP contribution is -2.07. The number of aromatic nitrogens is 1. The average Bonchev–Trinajstić information content (AvgIpc) is 2.16. The normalized spacial score (nSPS) is 11.1. The van der Waals surface area contributed by atoms with E-state index in [1.54, 1.807) is 12.1 Å². The number of hydrogen-bond acceptors (Lipinski definition) is 4. The summed E-state index contributed by atoms with van der Waals surface area (Å²) in [7, 11) is -3.70. The van der Waals surface area contributed by atoms with Crippen molar-refractivity contribution in [2.75, 3.05) is 6.61 Å². The van der Waals surface area contributed by atoms with E-state index < -0.39 is 10.1 Å². The third-order valence-corrected chi connectivity index (χ3v) is 2.44. The molecule has 4 nitrogen and oxygen atoms in total. The molecule has 0 aliphatic carbocycles. The molecule has 0 fully saturated rings. The lowest BCUT2D eigenvalue weighted by Gasteiger charge is -2.00. The topological polar surface area (TPSA) is 56.3 Å². The number of hydrogen-bond donors (Lipinski definition) is 0. The first-order valence-electron chi connectivity index (χ1n) is 3.58. The molecular weight excluding hydrogens is 190 g/mol.